The Morgan fingerprint density at radius 3 is 1.91 bits per heavy atom. The van der Waals surface area contributed by atoms with Crippen molar-refractivity contribution < 1.29 is 99.2 Å². The van der Waals surface area contributed by atoms with Crippen LogP contribution in [0.15, 0.2) is 39.5 Å². The Morgan fingerprint density at radius 2 is 1.28 bits per heavy atom. The first-order valence-corrected chi connectivity index (χ1v) is 16.1. The van der Waals surface area contributed by atoms with Crippen molar-refractivity contribution in [2.45, 2.75) is 86.0 Å². The molecule has 0 spiro atoms. The van der Waals surface area contributed by atoms with E-state index >= 15 is 0 Å². The van der Waals surface area contributed by atoms with Crippen molar-refractivity contribution in [1.29, 1.82) is 0 Å². The molecule has 0 bridgehead atoms. The molecule has 21 heteroatoms. The molecule has 0 radical (unpaired) electrons. The fourth-order valence-corrected chi connectivity index (χ4v) is 6.05. The number of phenols is 3. The third-order valence-corrected chi connectivity index (χ3v) is 9.05. The van der Waals surface area contributed by atoms with E-state index in [0.717, 1.165) is 24.3 Å². The minimum absolute atomic E-state index is 0.114. The van der Waals surface area contributed by atoms with Gasteiger partial charge < -0.3 is 99.2 Å². The molecular weight excluding hydrogens is 720 g/mol. The molecule has 3 saturated heterocycles. The Labute approximate surface area is 296 Å². The van der Waals surface area contributed by atoms with Crippen LogP contribution < -0.4 is 14.9 Å². The van der Waals surface area contributed by atoms with Gasteiger partial charge in [0.05, 0.1) is 19.8 Å². The zero-order valence-electron chi connectivity index (χ0n) is 27.2. The van der Waals surface area contributed by atoms with E-state index in [1.54, 1.807) is 0 Å². The van der Waals surface area contributed by atoms with E-state index in [1.165, 1.54) is 6.07 Å². The third-order valence-electron chi connectivity index (χ3n) is 9.05. The van der Waals surface area contributed by atoms with E-state index < -0.39 is 151 Å². The number of phenolic OH excluding ortho intramolecular Hbond substituents is 3. The predicted molar refractivity (Wildman–Crippen MR) is 168 cm³/mol. The number of hydrogen-bond donors (Lipinski definition) is 13. The van der Waals surface area contributed by atoms with Gasteiger partial charge in [-0.15, -0.1) is 0 Å². The summed E-state index contributed by atoms with van der Waals surface area (Å²) in [4.78, 5) is 14.1. The summed E-state index contributed by atoms with van der Waals surface area (Å²) in [5.74, 6) is -3.58. The molecule has 2 aromatic carbocycles. The molecule has 3 aliphatic rings. The van der Waals surface area contributed by atoms with Crippen LogP contribution in [0.2, 0.25) is 0 Å². The first kappa shape index (κ1) is 38.8. The van der Waals surface area contributed by atoms with Crippen LogP contribution in [-0.4, -0.2) is 172 Å². The molecule has 3 fully saturated rings. The molecule has 292 valence electrons. The number of benzene rings is 2. The zero-order chi connectivity index (χ0) is 38.5. The van der Waals surface area contributed by atoms with Gasteiger partial charge in [0, 0.05) is 17.7 Å². The molecular formula is C32H38O21. The number of fused-ring (bicyclic) bond motifs is 1. The largest absolute Gasteiger partial charge is 0.507 e. The molecule has 4 heterocycles. The summed E-state index contributed by atoms with van der Waals surface area (Å²) >= 11 is 0. The molecule has 6 rings (SSSR count). The van der Waals surface area contributed by atoms with Gasteiger partial charge in [-0.05, 0) is 18.2 Å². The third kappa shape index (κ3) is 7.33. The summed E-state index contributed by atoms with van der Waals surface area (Å²) in [6, 6.07) is 5.18. The van der Waals surface area contributed by atoms with Crippen molar-refractivity contribution in [3.8, 4) is 40.1 Å². The van der Waals surface area contributed by atoms with Crippen LogP contribution in [0.3, 0.4) is 0 Å². The molecule has 53 heavy (non-hydrogen) atoms. The monoisotopic (exact) mass is 758 g/mol. The van der Waals surface area contributed by atoms with Crippen LogP contribution in [0.4, 0.5) is 0 Å². The van der Waals surface area contributed by atoms with Gasteiger partial charge >= 0.3 is 0 Å². The van der Waals surface area contributed by atoms with Gasteiger partial charge in [-0.1, -0.05) is 0 Å². The molecule has 13 N–H and O–H groups in total. The van der Waals surface area contributed by atoms with E-state index in [-0.39, 0.29) is 11.3 Å². The average molecular weight is 759 g/mol. The highest BCUT2D eigenvalue weighted by Gasteiger charge is 2.50. The van der Waals surface area contributed by atoms with Crippen LogP contribution >= 0.6 is 0 Å². The number of rotatable bonds is 9. The van der Waals surface area contributed by atoms with Crippen LogP contribution in [-0.2, 0) is 18.9 Å². The van der Waals surface area contributed by atoms with Gasteiger partial charge in [0.1, 0.15) is 83.5 Å². The second kappa shape index (κ2) is 15.4. The zero-order valence-corrected chi connectivity index (χ0v) is 27.2. The van der Waals surface area contributed by atoms with Crippen LogP contribution in [0, 0.1) is 0 Å². The van der Waals surface area contributed by atoms with Crippen molar-refractivity contribution in [2.75, 3.05) is 19.8 Å². The van der Waals surface area contributed by atoms with Gasteiger partial charge in [0.25, 0.3) is 0 Å². The number of hydrogen-bond acceptors (Lipinski definition) is 21. The molecule has 0 amide bonds. The fraction of sp³-hybridized carbons (Fsp3) is 0.531. The first-order valence-electron chi connectivity index (χ1n) is 16.1. The Bertz CT molecular complexity index is 1810. The smallest absolute Gasteiger partial charge is 0.239 e. The van der Waals surface area contributed by atoms with E-state index in [4.69, 9.17) is 32.8 Å². The van der Waals surface area contributed by atoms with Crippen molar-refractivity contribution in [1.82, 2.24) is 0 Å². The first-order chi connectivity index (χ1) is 25.1. The Hall–Kier alpha value is -3.91. The highest BCUT2D eigenvalue weighted by molar-refractivity contribution is 5.88. The van der Waals surface area contributed by atoms with E-state index in [2.05, 4.69) is 0 Å². The van der Waals surface area contributed by atoms with Crippen molar-refractivity contribution >= 4 is 11.0 Å². The number of aliphatic hydroxyl groups is 10. The minimum atomic E-state index is -1.96. The van der Waals surface area contributed by atoms with Gasteiger partial charge in [0.2, 0.25) is 23.8 Å². The van der Waals surface area contributed by atoms with Gasteiger partial charge in [-0.3, -0.25) is 4.79 Å². The Balaban J connectivity index is 1.40. The minimum Gasteiger partial charge on any atom is -0.507 e. The lowest BCUT2D eigenvalue weighted by molar-refractivity contribution is -0.348. The van der Waals surface area contributed by atoms with E-state index in [0.29, 0.717) is 0 Å². The Kier molecular flexibility index (Phi) is 11.3. The molecule has 14 atom stereocenters. The normalized spacial score (nSPS) is 36.3. The van der Waals surface area contributed by atoms with Crippen LogP contribution in [0.1, 0.15) is 0 Å². The van der Waals surface area contributed by atoms with Crippen molar-refractivity contribution in [2.24, 2.45) is 0 Å². The lowest BCUT2D eigenvalue weighted by Gasteiger charge is -2.44. The van der Waals surface area contributed by atoms with Gasteiger partial charge in [-0.25, -0.2) is 0 Å². The summed E-state index contributed by atoms with van der Waals surface area (Å²) in [5.41, 5.74) is -1.63. The number of ether oxygens (including phenoxy) is 6. The molecule has 0 aliphatic carbocycles. The van der Waals surface area contributed by atoms with Gasteiger partial charge in [0.15, 0.2) is 29.7 Å². The molecule has 21 nitrogen and oxygen atoms in total. The summed E-state index contributed by atoms with van der Waals surface area (Å²) < 4.78 is 39.3. The standard InChI is InChI=1S/C32H38O21/c33-6-16-20(40)23(43)25(45)30(50-16)48-10-4-13(37)18-15(5-10)49-27(9-1-2-11(35)12(36)3-9)28(22(18)42)52-32-29(19(39)14(38)8-47-32)53-31-26(46)24(44)21(41)17(7-34)51-31/h1-5,14,16-17,19-21,23-26,29-41,43-46H,6-8H2/t14-,16-,17-,19+,20-,21+,23+,24+,25-,26-,29-,30-,31+,32+/m1/s1. The maximum absolute atomic E-state index is 14.1. The predicted octanol–water partition coefficient (Wildman–Crippen LogP) is -4.60. The van der Waals surface area contributed by atoms with Gasteiger partial charge in [-0.2, -0.15) is 0 Å². The fourth-order valence-electron chi connectivity index (χ4n) is 6.05. The quantitative estimate of drug-likeness (QED) is 0.0913. The van der Waals surface area contributed by atoms with E-state index in [9.17, 15) is 71.2 Å². The summed E-state index contributed by atoms with van der Waals surface area (Å²) in [7, 11) is 0. The van der Waals surface area contributed by atoms with Crippen molar-refractivity contribution in [3.63, 3.8) is 0 Å². The molecule has 0 saturated carbocycles. The topological polar surface area (TPSA) is 349 Å². The lowest BCUT2D eigenvalue weighted by atomic mass is 9.99. The molecule has 3 aliphatic heterocycles. The maximum atomic E-state index is 14.1. The van der Waals surface area contributed by atoms with Crippen LogP contribution in [0.5, 0.6) is 28.7 Å². The molecule has 3 aromatic rings. The number of aliphatic hydroxyl groups excluding tert-OH is 10. The summed E-state index contributed by atoms with van der Waals surface area (Å²) in [5, 5.41) is 133. The second-order valence-corrected chi connectivity index (χ2v) is 12.6. The van der Waals surface area contributed by atoms with Crippen molar-refractivity contribution in [3.05, 3.63) is 40.6 Å². The maximum Gasteiger partial charge on any atom is 0.239 e. The average Bonchev–Trinajstić information content (AvgIpc) is 3.13. The SMILES string of the molecule is O=c1c(O[C@@H]2OC[C@@H](O)[C@H](O)[C@H]2O[C@@H]2O[C@H](CO)[C@H](O)[C@H](O)[C@H]2O)c(-c2ccc(O)c(O)c2)oc2cc(O[C@@H]3O[C@H](CO)[C@@H](O)[C@H](O)[C@H]3O)cc(O)c12. The molecule has 0 unspecified atom stereocenters. The van der Waals surface area contributed by atoms with E-state index in [1.807, 2.05) is 0 Å². The lowest BCUT2D eigenvalue weighted by Crippen LogP contribution is -2.63. The van der Waals surface area contributed by atoms with Crippen LogP contribution in [0.25, 0.3) is 22.3 Å². The highest BCUT2D eigenvalue weighted by Crippen LogP contribution is 2.40. The highest BCUT2D eigenvalue weighted by atomic mass is 16.8. The second-order valence-electron chi connectivity index (χ2n) is 12.6. The number of aromatic hydroxyl groups is 3. The molecule has 1 aromatic heterocycles. The summed E-state index contributed by atoms with van der Waals surface area (Å²) in [6.07, 6.45) is -24.5. The Morgan fingerprint density at radius 1 is 0.660 bits per heavy atom. The summed E-state index contributed by atoms with van der Waals surface area (Å²) in [6.45, 7) is -2.18.